The maximum atomic E-state index is 8.89. The first kappa shape index (κ1) is 11.9. The maximum absolute atomic E-state index is 8.89. The van der Waals surface area contributed by atoms with Gasteiger partial charge in [-0.1, -0.05) is 51.2 Å². The van der Waals surface area contributed by atoms with E-state index >= 15 is 0 Å². The molecule has 0 aliphatic carbocycles. The predicted molar refractivity (Wildman–Crippen MR) is 58.0 cm³/mol. The molecule has 0 aromatic heterocycles. The molecule has 0 fully saturated rings. The Morgan fingerprint density at radius 1 is 1.42 bits per heavy atom. The summed E-state index contributed by atoms with van der Waals surface area (Å²) in [5.74, 6) is 0.642. The molecule has 0 bridgehead atoms. The summed E-state index contributed by atoms with van der Waals surface area (Å²) in [5, 5.41) is 10.4. The van der Waals surface area contributed by atoms with Crippen LogP contribution in [0.3, 0.4) is 0 Å². The molecule has 0 saturated carbocycles. The van der Waals surface area contributed by atoms with E-state index in [0.717, 1.165) is 0 Å². The van der Waals surface area contributed by atoms with Gasteiger partial charge in [0.2, 0.25) is 0 Å². The smallest absolute Gasteiger partial charge is 0.0724 e. The first-order valence-corrected chi connectivity index (χ1v) is 8.24. The molecule has 0 saturated heterocycles. The summed E-state index contributed by atoms with van der Waals surface area (Å²) < 4.78 is 0. The molecule has 0 aromatic carbocycles. The highest BCUT2D eigenvalue weighted by molar-refractivity contribution is 6.83. The van der Waals surface area contributed by atoms with Gasteiger partial charge in [0, 0.05) is 0 Å². The molecule has 0 radical (unpaired) electrons. The van der Waals surface area contributed by atoms with Crippen LogP contribution in [-0.4, -0.2) is 19.8 Å². The largest absolute Gasteiger partial charge is 0.392 e. The zero-order valence-electron chi connectivity index (χ0n) is 9.02. The van der Waals surface area contributed by atoms with Gasteiger partial charge in [0.1, 0.15) is 0 Å². The van der Waals surface area contributed by atoms with Crippen molar-refractivity contribution in [3.63, 3.8) is 0 Å². The molecular weight excluding hydrogens is 164 g/mol. The summed E-state index contributed by atoms with van der Waals surface area (Å²) in [6.45, 7) is 11.7. The Hall–Kier alpha value is -0.0831. The first-order valence-electron chi connectivity index (χ1n) is 4.74. The molecule has 0 spiro atoms. The monoisotopic (exact) mass is 186 g/mol. The summed E-state index contributed by atoms with van der Waals surface area (Å²) in [6, 6.07) is 0. The molecule has 2 heteroatoms. The van der Waals surface area contributed by atoms with Crippen molar-refractivity contribution in [2.24, 2.45) is 5.92 Å². The molecule has 0 heterocycles. The van der Waals surface area contributed by atoms with Crippen molar-refractivity contribution >= 4 is 8.07 Å². The van der Waals surface area contributed by atoms with Gasteiger partial charge in [-0.15, -0.1) is 0 Å². The second-order valence-electron chi connectivity index (χ2n) is 4.40. The van der Waals surface area contributed by atoms with Crippen LogP contribution in [-0.2, 0) is 0 Å². The number of allylic oxidation sites excluding steroid dienone is 1. The van der Waals surface area contributed by atoms with Gasteiger partial charge in [-0.05, 0) is 5.92 Å². The average molecular weight is 186 g/mol. The Kier molecular flexibility index (Phi) is 4.79. The van der Waals surface area contributed by atoms with Crippen molar-refractivity contribution in [2.45, 2.75) is 39.9 Å². The van der Waals surface area contributed by atoms with Crippen molar-refractivity contribution in [1.29, 1.82) is 0 Å². The van der Waals surface area contributed by atoms with Gasteiger partial charge in [0.05, 0.1) is 14.7 Å². The van der Waals surface area contributed by atoms with Crippen LogP contribution >= 0.6 is 0 Å². The van der Waals surface area contributed by atoms with Gasteiger partial charge in [0.25, 0.3) is 0 Å². The highest BCUT2D eigenvalue weighted by atomic mass is 28.3. The van der Waals surface area contributed by atoms with Crippen LogP contribution in [0.15, 0.2) is 11.3 Å². The van der Waals surface area contributed by atoms with E-state index in [1.807, 2.05) is 6.08 Å². The highest BCUT2D eigenvalue weighted by Gasteiger charge is 2.22. The van der Waals surface area contributed by atoms with Gasteiger partial charge < -0.3 is 5.11 Å². The molecule has 0 rings (SSSR count). The number of aliphatic hydroxyl groups is 1. The molecule has 0 amide bonds. The number of rotatable bonds is 4. The fraction of sp³-hybridized carbons (Fsp3) is 0.800. The minimum absolute atomic E-state index is 0.198. The quantitative estimate of drug-likeness (QED) is 0.669. The van der Waals surface area contributed by atoms with E-state index in [4.69, 9.17) is 5.11 Å². The lowest BCUT2D eigenvalue weighted by Gasteiger charge is -2.26. The van der Waals surface area contributed by atoms with Gasteiger partial charge in [0.15, 0.2) is 0 Å². The van der Waals surface area contributed by atoms with E-state index in [-0.39, 0.29) is 6.61 Å². The number of hydrogen-bond acceptors (Lipinski definition) is 1. The lowest BCUT2D eigenvalue weighted by Crippen LogP contribution is -2.28. The molecule has 12 heavy (non-hydrogen) atoms. The molecule has 1 N–H and O–H groups in total. The molecule has 1 atom stereocenters. The first-order chi connectivity index (χ1) is 5.43. The Morgan fingerprint density at radius 3 is 2.17 bits per heavy atom. The van der Waals surface area contributed by atoms with Gasteiger partial charge in [-0.3, -0.25) is 0 Å². The van der Waals surface area contributed by atoms with Crippen LogP contribution in [0.4, 0.5) is 0 Å². The Morgan fingerprint density at radius 2 is 1.92 bits per heavy atom. The third-order valence-electron chi connectivity index (χ3n) is 2.32. The number of hydrogen-bond donors (Lipinski definition) is 1. The van der Waals surface area contributed by atoms with E-state index in [2.05, 4.69) is 33.5 Å². The standard InChI is InChI=1S/C10H22OSi/c1-6-9(2)10(7-8-11)12(3,4)5/h7,9,11H,6,8H2,1-5H3. The van der Waals surface area contributed by atoms with Crippen molar-refractivity contribution in [3.8, 4) is 0 Å². The van der Waals surface area contributed by atoms with Crippen molar-refractivity contribution in [1.82, 2.24) is 0 Å². The summed E-state index contributed by atoms with van der Waals surface area (Å²) in [4.78, 5) is 0. The Bertz CT molecular complexity index is 156. The lowest BCUT2D eigenvalue weighted by atomic mass is 10.1. The molecule has 0 aliphatic heterocycles. The van der Waals surface area contributed by atoms with E-state index in [9.17, 15) is 0 Å². The van der Waals surface area contributed by atoms with E-state index in [1.54, 1.807) is 0 Å². The average Bonchev–Trinajstić information content (AvgIpc) is 1.96. The normalized spacial score (nSPS) is 16.3. The minimum atomic E-state index is -1.19. The zero-order valence-corrected chi connectivity index (χ0v) is 10.0. The third-order valence-corrected chi connectivity index (χ3v) is 4.75. The van der Waals surface area contributed by atoms with Crippen LogP contribution in [0.1, 0.15) is 20.3 Å². The van der Waals surface area contributed by atoms with Crippen molar-refractivity contribution in [2.75, 3.05) is 6.61 Å². The zero-order chi connectivity index (χ0) is 9.78. The fourth-order valence-electron chi connectivity index (χ4n) is 1.56. The second-order valence-corrected chi connectivity index (χ2v) is 9.48. The van der Waals surface area contributed by atoms with Crippen LogP contribution in [0.25, 0.3) is 0 Å². The van der Waals surface area contributed by atoms with Crippen molar-refractivity contribution in [3.05, 3.63) is 11.3 Å². The molecular formula is C10H22OSi. The molecule has 0 aliphatic rings. The van der Waals surface area contributed by atoms with Gasteiger partial charge in [-0.2, -0.15) is 0 Å². The third kappa shape index (κ3) is 3.54. The highest BCUT2D eigenvalue weighted by Crippen LogP contribution is 2.24. The van der Waals surface area contributed by atoms with Gasteiger partial charge in [-0.25, -0.2) is 0 Å². The lowest BCUT2D eigenvalue weighted by molar-refractivity contribution is 0.341. The second kappa shape index (κ2) is 4.82. The number of aliphatic hydroxyl groups excluding tert-OH is 1. The van der Waals surface area contributed by atoms with E-state index in [0.29, 0.717) is 5.92 Å². The van der Waals surface area contributed by atoms with E-state index in [1.165, 1.54) is 11.6 Å². The van der Waals surface area contributed by atoms with Crippen LogP contribution in [0.2, 0.25) is 19.6 Å². The summed E-state index contributed by atoms with van der Waals surface area (Å²) in [5.41, 5.74) is 0. The van der Waals surface area contributed by atoms with Crippen molar-refractivity contribution < 1.29 is 5.11 Å². The van der Waals surface area contributed by atoms with Crippen LogP contribution in [0, 0.1) is 5.92 Å². The van der Waals surface area contributed by atoms with Crippen LogP contribution in [0.5, 0.6) is 0 Å². The van der Waals surface area contributed by atoms with E-state index < -0.39 is 8.07 Å². The maximum Gasteiger partial charge on any atom is 0.0724 e. The SMILES string of the molecule is CCC(C)C(=CCO)[Si](C)(C)C. The fourth-order valence-corrected chi connectivity index (χ4v) is 3.95. The predicted octanol–water partition coefficient (Wildman–Crippen LogP) is 2.83. The molecule has 0 aromatic rings. The Labute approximate surface area is 77.5 Å². The summed E-state index contributed by atoms with van der Waals surface area (Å²) in [7, 11) is -1.19. The molecule has 1 unspecified atom stereocenters. The van der Waals surface area contributed by atoms with Crippen LogP contribution < -0.4 is 0 Å². The summed E-state index contributed by atoms with van der Waals surface area (Å²) in [6.07, 6.45) is 3.19. The summed E-state index contributed by atoms with van der Waals surface area (Å²) >= 11 is 0. The Balaban J connectivity index is 4.56. The topological polar surface area (TPSA) is 20.2 Å². The molecule has 72 valence electrons. The van der Waals surface area contributed by atoms with Gasteiger partial charge >= 0.3 is 0 Å². The molecule has 1 nitrogen and oxygen atoms in total. The minimum Gasteiger partial charge on any atom is -0.392 e.